The van der Waals surface area contributed by atoms with Crippen LogP contribution in [-0.4, -0.2) is 26.2 Å². The molecule has 0 fully saturated rings. The minimum atomic E-state index is -4.43. The second-order valence-corrected chi connectivity index (χ2v) is 6.43. The summed E-state index contributed by atoms with van der Waals surface area (Å²) in [6.07, 6.45) is 1.80. The van der Waals surface area contributed by atoms with Crippen LogP contribution in [0, 0.1) is 0 Å². The van der Waals surface area contributed by atoms with Gasteiger partial charge in [0.2, 0.25) is 0 Å². The number of esters is 2. The van der Waals surface area contributed by atoms with Gasteiger partial charge in [-0.2, -0.15) is 13.2 Å². The van der Waals surface area contributed by atoms with Crippen molar-refractivity contribution in [1.82, 2.24) is 0 Å². The number of benzene rings is 2. The summed E-state index contributed by atoms with van der Waals surface area (Å²) in [6.45, 7) is 0. The van der Waals surface area contributed by atoms with Gasteiger partial charge in [0.1, 0.15) is 17.2 Å². The van der Waals surface area contributed by atoms with Crippen LogP contribution in [0.25, 0.3) is 0 Å². The number of alkyl halides is 3. The fraction of sp³-hybridized carbons (Fsp3) is 0.130. The highest BCUT2D eigenvalue weighted by Crippen LogP contribution is 2.32. The van der Waals surface area contributed by atoms with Crippen molar-refractivity contribution in [3.8, 4) is 11.5 Å². The summed E-state index contributed by atoms with van der Waals surface area (Å²) < 4.78 is 53.3. The lowest BCUT2D eigenvalue weighted by molar-refractivity contribution is -0.139. The van der Waals surface area contributed by atoms with Crippen LogP contribution in [-0.2, 0) is 25.2 Å². The van der Waals surface area contributed by atoms with Crippen LogP contribution in [0.2, 0.25) is 0 Å². The number of allylic oxidation sites excluding steroid dienone is 2. The third-order valence-corrected chi connectivity index (χ3v) is 4.42. The molecule has 0 aliphatic carbocycles. The molecule has 166 valence electrons. The quantitative estimate of drug-likeness (QED) is 0.605. The van der Waals surface area contributed by atoms with Crippen LogP contribution in [0.3, 0.4) is 0 Å². The molecule has 0 spiro atoms. The molecule has 1 heterocycles. The Bertz CT molecular complexity index is 1080. The van der Waals surface area contributed by atoms with Crippen molar-refractivity contribution in [3.63, 3.8) is 0 Å². The maximum absolute atomic E-state index is 12.7. The molecular formula is C23H18F3NO5. The third-order valence-electron chi connectivity index (χ3n) is 4.42. The van der Waals surface area contributed by atoms with Crippen LogP contribution in [0.15, 0.2) is 84.2 Å². The molecule has 32 heavy (non-hydrogen) atoms. The molecule has 0 bridgehead atoms. The zero-order valence-corrected chi connectivity index (χ0v) is 17.1. The van der Waals surface area contributed by atoms with E-state index in [2.05, 4.69) is 0 Å². The minimum absolute atomic E-state index is 0.00873. The van der Waals surface area contributed by atoms with Crippen molar-refractivity contribution in [2.24, 2.45) is 0 Å². The molecule has 1 aliphatic rings. The first-order valence-electron chi connectivity index (χ1n) is 9.25. The lowest BCUT2D eigenvalue weighted by Gasteiger charge is -2.23. The van der Waals surface area contributed by atoms with Gasteiger partial charge in [0, 0.05) is 11.9 Å². The molecule has 3 rings (SSSR count). The average Bonchev–Trinajstić information content (AvgIpc) is 3.01. The Morgan fingerprint density at radius 2 is 1.38 bits per heavy atom. The summed E-state index contributed by atoms with van der Waals surface area (Å²) >= 11 is 0. The monoisotopic (exact) mass is 445 g/mol. The first-order chi connectivity index (χ1) is 15.2. The van der Waals surface area contributed by atoms with Crippen molar-refractivity contribution in [3.05, 3.63) is 89.8 Å². The van der Waals surface area contributed by atoms with Crippen molar-refractivity contribution in [2.45, 2.75) is 6.18 Å². The van der Waals surface area contributed by atoms with E-state index < -0.39 is 23.7 Å². The minimum Gasteiger partial charge on any atom is -0.465 e. The summed E-state index contributed by atoms with van der Waals surface area (Å²) in [5.74, 6) is -0.862. The summed E-state index contributed by atoms with van der Waals surface area (Å²) in [4.78, 5) is 26.1. The van der Waals surface area contributed by atoms with Crippen LogP contribution < -0.4 is 9.64 Å². The van der Waals surface area contributed by atoms with Crippen molar-refractivity contribution >= 4 is 17.6 Å². The maximum Gasteiger partial charge on any atom is 0.416 e. The van der Waals surface area contributed by atoms with E-state index in [0.717, 1.165) is 12.1 Å². The number of methoxy groups -OCH3 is 2. The molecule has 2 aromatic rings. The normalized spacial score (nSPS) is 13.6. The Morgan fingerprint density at radius 1 is 0.812 bits per heavy atom. The molecule has 0 saturated carbocycles. The second-order valence-electron chi connectivity index (χ2n) is 6.43. The van der Waals surface area contributed by atoms with Gasteiger partial charge in [0.05, 0.1) is 25.4 Å². The van der Waals surface area contributed by atoms with Crippen LogP contribution in [0.5, 0.6) is 11.5 Å². The zero-order chi connectivity index (χ0) is 23.3. The highest BCUT2D eigenvalue weighted by Gasteiger charge is 2.30. The van der Waals surface area contributed by atoms with Gasteiger partial charge in [-0.3, -0.25) is 0 Å². The smallest absolute Gasteiger partial charge is 0.416 e. The van der Waals surface area contributed by atoms with E-state index >= 15 is 0 Å². The number of rotatable bonds is 5. The average molecular weight is 445 g/mol. The Kier molecular flexibility index (Phi) is 6.67. The Hall–Kier alpha value is -4.01. The molecule has 2 aromatic carbocycles. The Balaban J connectivity index is 1.88. The molecule has 0 N–H and O–H groups in total. The summed E-state index contributed by atoms with van der Waals surface area (Å²) in [5, 5.41) is 0. The Morgan fingerprint density at radius 3 is 1.91 bits per heavy atom. The zero-order valence-electron chi connectivity index (χ0n) is 17.1. The molecule has 1 aliphatic heterocycles. The SMILES string of the molecule is COC(=O)C1=C(C(=O)OC)N(c2ccc(Oc3ccc(C(F)(F)F)cc3)cc2)C=CC=C1. The van der Waals surface area contributed by atoms with Gasteiger partial charge in [-0.15, -0.1) is 0 Å². The lowest BCUT2D eigenvalue weighted by Crippen LogP contribution is -2.26. The number of carbonyl (C=O) groups is 2. The number of anilines is 1. The van der Waals surface area contributed by atoms with E-state index in [9.17, 15) is 22.8 Å². The highest BCUT2D eigenvalue weighted by molar-refractivity contribution is 6.05. The maximum atomic E-state index is 12.7. The van der Waals surface area contributed by atoms with Crippen molar-refractivity contribution in [2.75, 3.05) is 19.1 Å². The number of carbonyl (C=O) groups excluding carboxylic acids is 2. The molecule has 6 nitrogen and oxygen atoms in total. The van der Waals surface area contributed by atoms with Crippen molar-refractivity contribution in [1.29, 1.82) is 0 Å². The third kappa shape index (κ3) is 5.00. The van der Waals surface area contributed by atoms with Gasteiger partial charge in [-0.05, 0) is 60.7 Å². The van der Waals surface area contributed by atoms with Gasteiger partial charge < -0.3 is 19.1 Å². The van der Waals surface area contributed by atoms with E-state index in [1.165, 1.54) is 37.3 Å². The second kappa shape index (κ2) is 9.42. The number of nitrogens with zero attached hydrogens (tertiary/aromatic N) is 1. The first kappa shape index (κ1) is 22.7. The highest BCUT2D eigenvalue weighted by atomic mass is 19.4. The van der Waals surface area contributed by atoms with Gasteiger partial charge in [0.15, 0.2) is 0 Å². The first-order valence-corrected chi connectivity index (χ1v) is 9.25. The lowest BCUT2D eigenvalue weighted by atomic mass is 10.1. The standard InChI is InChI=1S/C23H18F3NO5/c1-30-21(28)19-5-3-4-14-27(20(19)22(29)31-2)16-8-12-18(13-9-16)32-17-10-6-15(7-11-17)23(24,25)26/h3-14H,1-2H3. The fourth-order valence-electron chi connectivity index (χ4n) is 2.89. The largest absolute Gasteiger partial charge is 0.465 e. The molecule has 9 heteroatoms. The van der Waals surface area contributed by atoms with E-state index in [1.807, 2.05) is 0 Å². The van der Waals surface area contributed by atoms with Gasteiger partial charge >= 0.3 is 18.1 Å². The molecule has 0 unspecified atom stereocenters. The van der Waals surface area contributed by atoms with Crippen LogP contribution in [0.4, 0.5) is 18.9 Å². The van der Waals surface area contributed by atoms with E-state index in [-0.39, 0.29) is 17.0 Å². The van der Waals surface area contributed by atoms with Crippen LogP contribution in [0.1, 0.15) is 5.56 Å². The van der Waals surface area contributed by atoms with Crippen LogP contribution >= 0.6 is 0 Å². The predicted octanol–water partition coefficient (Wildman–Crippen LogP) is 4.99. The van der Waals surface area contributed by atoms with Gasteiger partial charge in [0.25, 0.3) is 0 Å². The number of hydrogen-bond donors (Lipinski definition) is 0. The molecule has 0 saturated heterocycles. The number of halogens is 3. The molecule has 0 amide bonds. The topological polar surface area (TPSA) is 65.1 Å². The van der Waals surface area contributed by atoms with Gasteiger partial charge in [-0.25, -0.2) is 9.59 Å². The van der Waals surface area contributed by atoms with E-state index in [4.69, 9.17) is 14.2 Å². The summed E-state index contributed by atoms with van der Waals surface area (Å²) in [6, 6.07) is 10.7. The van der Waals surface area contributed by atoms with Crippen molar-refractivity contribution < 1.29 is 37.0 Å². The fourth-order valence-corrected chi connectivity index (χ4v) is 2.89. The van der Waals surface area contributed by atoms with Gasteiger partial charge in [-0.1, -0.05) is 6.08 Å². The summed E-state index contributed by atoms with van der Waals surface area (Å²) in [7, 11) is 2.40. The predicted molar refractivity (Wildman–Crippen MR) is 110 cm³/mol. The molecule has 0 atom stereocenters. The van der Waals surface area contributed by atoms with E-state index in [0.29, 0.717) is 11.4 Å². The molecule has 0 aromatic heterocycles. The van der Waals surface area contributed by atoms with E-state index in [1.54, 1.807) is 42.6 Å². The number of hydrogen-bond acceptors (Lipinski definition) is 6. The summed E-state index contributed by atoms with van der Waals surface area (Å²) in [5.41, 5.74) is -0.299. The molecule has 0 radical (unpaired) electrons. The Labute approximate surface area is 181 Å². The molecular weight excluding hydrogens is 427 g/mol. The number of ether oxygens (including phenoxy) is 3.